The Morgan fingerprint density at radius 1 is 1.29 bits per heavy atom. The molecule has 0 aliphatic heterocycles. The van der Waals surface area contributed by atoms with Crippen LogP contribution >= 0.6 is 11.6 Å². The highest BCUT2D eigenvalue weighted by Crippen LogP contribution is 2.36. The van der Waals surface area contributed by atoms with Crippen LogP contribution in [0.15, 0.2) is 41.6 Å². The number of ether oxygens (including phenoxy) is 2. The zero-order valence-electron chi connectivity index (χ0n) is 14.1. The first-order chi connectivity index (χ1) is 11.6. The molecule has 24 heavy (non-hydrogen) atoms. The quantitative estimate of drug-likeness (QED) is 0.559. The summed E-state index contributed by atoms with van der Waals surface area (Å²) in [7, 11) is 0. The zero-order chi connectivity index (χ0) is 17.4. The van der Waals surface area contributed by atoms with E-state index in [0.29, 0.717) is 41.5 Å². The molecule has 1 aromatic carbocycles. The van der Waals surface area contributed by atoms with Gasteiger partial charge in [-0.3, -0.25) is 5.43 Å². The summed E-state index contributed by atoms with van der Waals surface area (Å²) in [5, 5.41) is 4.67. The lowest BCUT2D eigenvalue weighted by molar-refractivity contribution is 0.248. The van der Waals surface area contributed by atoms with Crippen LogP contribution < -0.4 is 14.9 Å². The highest BCUT2D eigenvalue weighted by Gasteiger charge is 2.12. The molecule has 128 valence electrons. The monoisotopic (exact) mass is 347 g/mol. The Morgan fingerprint density at radius 3 is 2.79 bits per heavy atom. The molecule has 0 fully saturated rings. The Balaban J connectivity index is 2.15. The molecule has 0 bridgehead atoms. The van der Waals surface area contributed by atoms with Crippen molar-refractivity contribution in [1.29, 1.82) is 0 Å². The van der Waals surface area contributed by atoms with Crippen LogP contribution in [0.2, 0.25) is 5.02 Å². The largest absolute Gasteiger partial charge is 0.490 e. The summed E-state index contributed by atoms with van der Waals surface area (Å²) in [6, 6.07) is 9.21. The van der Waals surface area contributed by atoms with E-state index in [-0.39, 0.29) is 0 Å². The third-order valence-corrected chi connectivity index (χ3v) is 3.23. The predicted octanol–water partition coefficient (Wildman–Crippen LogP) is 4.61. The Bertz CT molecular complexity index is 675. The highest BCUT2D eigenvalue weighted by atomic mass is 35.5. The topological polar surface area (TPSA) is 55.7 Å². The number of pyridine rings is 1. The second kappa shape index (κ2) is 9.13. The molecule has 5 nitrogen and oxygen atoms in total. The number of halogens is 1. The summed E-state index contributed by atoms with van der Waals surface area (Å²) in [5.41, 5.74) is 3.67. The van der Waals surface area contributed by atoms with Gasteiger partial charge in [0.15, 0.2) is 11.5 Å². The van der Waals surface area contributed by atoms with E-state index in [1.165, 1.54) is 0 Å². The average Bonchev–Trinajstić information content (AvgIpc) is 2.55. The van der Waals surface area contributed by atoms with E-state index >= 15 is 0 Å². The molecule has 1 heterocycles. The molecule has 1 N–H and O–H groups in total. The molecule has 1 aromatic heterocycles. The van der Waals surface area contributed by atoms with Crippen LogP contribution in [0.3, 0.4) is 0 Å². The molecule has 0 unspecified atom stereocenters. The average molecular weight is 348 g/mol. The summed E-state index contributed by atoms with van der Waals surface area (Å²) >= 11 is 6.35. The van der Waals surface area contributed by atoms with Crippen molar-refractivity contribution in [3.05, 3.63) is 47.1 Å². The van der Waals surface area contributed by atoms with Crippen molar-refractivity contribution in [3.63, 3.8) is 0 Å². The van der Waals surface area contributed by atoms with Crippen molar-refractivity contribution in [2.45, 2.75) is 20.8 Å². The fraction of sp³-hybridized carbons (Fsp3) is 0.333. The maximum Gasteiger partial charge on any atom is 0.179 e. The van der Waals surface area contributed by atoms with Crippen molar-refractivity contribution in [2.75, 3.05) is 18.6 Å². The maximum atomic E-state index is 6.35. The summed E-state index contributed by atoms with van der Waals surface area (Å²) in [4.78, 5) is 4.13. The van der Waals surface area contributed by atoms with Crippen LogP contribution in [0.5, 0.6) is 11.5 Å². The van der Waals surface area contributed by atoms with E-state index in [1.54, 1.807) is 18.5 Å². The van der Waals surface area contributed by atoms with Gasteiger partial charge in [-0.05, 0) is 42.7 Å². The summed E-state index contributed by atoms with van der Waals surface area (Å²) in [5.74, 6) is 2.26. The Kier molecular flexibility index (Phi) is 6.88. The lowest BCUT2D eigenvalue weighted by Gasteiger charge is -2.15. The lowest BCUT2D eigenvalue weighted by Crippen LogP contribution is -2.07. The van der Waals surface area contributed by atoms with Crippen LogP contribution in [0.4, 0.5) is 5.82 Å². The predicted molar refractivity (Wildman–Crippen MR) is 98.4 cm³/mol. The summed E-state index contributed by atoms with van der Waals surface area (Å²) < 4.78 is 11.4. The standard InChI is InChI=1S/C18H22ClN3O2/c1-4-23-16-10-14(9-15(19)18(16)24-12-13(2)3)11-21-22-17-7-5-6-8-20-17/h5-11,13H,4,12H2,1-3H3,(H,20,22)/b21-11+. The van der Waals surface area contributed by atoms with Crippen LogP contribution in [-0.2, 0) is 0 Å². The van der Waals surface area contributed by atoms with Crippen molar-refractivity contribution in [1.82, 2.24) is 4.98 Å². The zero-order valence-corrected chi connectivity index (χ0v) is 14.9. The van der Waals surface area contributed by atoms with E-state index in [4.69, 9.17) is 21.1 Å². The SMILES string of the molecule is CCOc1cc(/C=N/Nc2ccccn2)cc(Cl)c1OCC(C)C. The number of hydrazone groups is 1. The molecule has 2 rings (SSSR count). The first-order valence-corrected chi connectivity index (χ1v) is 8.27. The highest BCUT2D eigenvalue weighted by molar-refractivity contribution is 6.32. The van der Waals surface area contributed by atoms with Gasteiger partial charge in [0.25, 0.3) is 0 Å². The fourth-order valence-electron chi connectivity index (χ4n) is 1.92. The molecule has 0 radical (unpaired) electrons. The van der Waals surface area contributed by atoms with Gasteiger partial charge in [0.1, 0.15) is 5.82 Å². The number of benzene rings is 1. The number of anilines is 1. The van der Waals surface area contributed by atoms with E-state index in [2.05, 4.69) is 29.4 Å². The minimum Gasteiger partial charge on any atom is -0.490 e. The van der Waals surface area contributed by atoms with Crippen LogP contribution in [0.25, 0.3) is 0 Å². The van der Waals surface area contributed by atoms with Crippen molar-refractivity contribution < 1.29 is 9.47 Å². The number of hydrogen-bond acceptors (Lipinski definition) is 5. The Hall–Kier alpha value is -2.27. The molecular weight excluding hydrogens is 326 g/mol. The van der Waals surface area contributed by atoms with Gasteiger partial charge in [-0.2, -0.15) is 5.10 Å². The first kappa shape index (κ1) is 18.1. The van der Waals surface area contributed by atoms with Crippen molar-refractivity contribution >= 4 is 23.6 Å². The lowest BCUT2D eigenvalue weighted by atomic mass is 10.2. The molecule has 0 atom stereocenters. The van der Waals surface area contributed by atoms with Gasteiger partial charge >= 0.3 is 0 Å². The van der Waals surface area contributed by atoms with Gasteiger partial charge < -0.3 is 9.47 Å². The van der Waals surface area contributed by atoms with Gasteiger partial charge in [0.05, 0.1) is 24.5 Å². The van der Waals surface area contributed by atoms with Crippen LogP contribution in [0.1, 0.15) is 26.3 Å². The van der Waals surface area contributed by atoms with Gasteiger partial charge in [-0.25, -0.2) is 4.98 Å². The molecule has 2 aromatic rings. The molecular formula is C18H22ClN3O2. The van der Waals surface area contributed by atoms with Gasteiger partial charge in [-0.15, -0.1) is 0 Å². The van der Waals surface area contributed by atoms with E-state index in [9.17, 15) is 0 Å². The second-order valence-corrected chi connectivity index (χ2v) is 5.96. The number of nitrogens with one attached hydrogen (secondary N) is 1. The van der Waals surface area contributed by atoms with Crippen molar-refractivity contribution in [2.24, 2.45) is 11.0 Å². The van der Waals surface area contributed by atoms with E-state index in [0.717, 1.165) is 5.56 Å². The smallest absolute Gasteiger partial charge is 0.179 e. The molecule has 0 aliphatic rings. The number of aromatic nitrogens is 1. The minimum atomic E-state index is 0.402. The molecule has 0 amide bonds. The maximum absolute atomic E-state index is 6.35. The van der Waals surface area contributed by atoms with Gasteiger partial charge in [-0.1, -0.05) is 31.5 Å². The van der Waals surface area contributed by atoms with E-state index in [1.807, 2.05) is 31.2 Å². The fourth-order valence-corrected chi connectivity index (χ4v) is 2.19. The Morgan fingerprint density at radius 2 is 2.12 bits per heavy atom. The summed E-state index contributed by atoms with van der Waals surface area (Å²) in [6.45, 7) is 7.19. The molecule has 0 saturated heterocycles. The van der Waals surface area contributed by atoms with Crippen molar-refractivity contribution in [3.8, 4) is 11.5 Å². The first-order valence-electron chi connectivity index (χ1n) is 7.89. The number of hydrogen-bond donors (Lipinski definition) is 1. The summed E-state index contributed by atoms with van der Waals surface area (Å²) in [6.07, 6.45) is 3.36. The number of rotatable bonds is 8. The third-order valence-electron chi connectivity index (χ3n) is 2.95. The molecule has 0 aliphatic carbocycles. The molecule has 0 saturated carbocycles. The van der Waals surface area contributed by atoms with Gasteiger partial charge in [0, 0.05) is 6.20 Å². The van der Waals surface area contributed by atoms with Gasteiger partial charge in [0.2, 0.25) is 0 Å². The normalized spacial score (nSPS) is 11.0. The second-order valence-electron chi connectivity index (χ2n) is 5.55. The molecule has 6 heteroatoms. The Labute approximate surface area is 147 Å². The van der Waals surface area contributed by atoms with E-state index < -0.39 is 0 Å². The van der Waals surface area contributed by atoms with Crippen LogP contribution in [0, 0.1) is 5.92 Å². The minimum absolute atomic E-state index is 0.402. The third kappa shape index (κ3) is 5.42. The van der Waals surface area contributed by atoms with Crippen LogP contribution in [-0.4, -0.2) is 24.4 Å². The molecule has 0 spiro atoms. The number of nitrogens with zero attached hydrogens (tertiary/aromatic N) is 2.